The topological polar surface area (TPSA) is 92.7 Å². The molecule has 2 N–H and O–H groups in total. The van der Waals surface area contributed by atoms with Crippen LogP contribution in [0.15, 0.2) is 24.3 Å². The fraction of sp³-hybridized carbons (Fsp3) is 0.250. The second-order valence-corrected chi connectivity index (χ2v) is 3.94. The molecule has 1 aromatic carbocycles. The fourth-order valence-electron chi connectivity index (χ4n) is 1.78. The van der Waals surface area contributed by atoms with Gasteiger partial charge in [0, 0.05) is 5.56 Å². The number of aliphatic hydroxyl groups is 1. The first-order valence-corrected chi connectivity index (χ1v) is 5.23. The molecular formula is C12H11NO5. The molecular weight excluding hydrogens is 238 g/mol. The summed E-state index contributed by atoms with van der Waals surface area (Å²) in [6, 6.07) is 6.27. The summed E-state index contributed by atoms with van der Waals surface area (Å²) >= 11 is 0. The highest BCUT2D eigenvalue weighted by molar-refractivity contribution is 6.27. The van der Waals surface area contributed by atoms with E-state index in [4.69, 9.17) is 0 Å². The van der Waals surface area contributed by atoms with E-state index < -0.39 is 29.7 Å². The molecule has 0 saturated carbocycles. The number of benzene rings is 1. The fourth-order valence-corrected chi connectivity index (χ4v) is 1.78. The van der Waals surface area contributed by atoms with Crippen molar-refractivity contribution in [3.05, 3.63) is 29.8 Å². The van der Waals surface area contributed by atoms with Crippen molar-refractivity contribution in [1.82, 2.24) is 0 Å². The van der Waals surface area contributed by atoms with Crippen LogP contribution in [0.4, 0.5) is 5.69 Å². The Morgan fingerprint density at radius 2 is 2.06 bits per heavy atom. The minimum Gasteiger partial charge on any atom is -0.469 e. The third kappa shape index (κ3) is 1.76. The standard InChI is InChI=1S/C12H11NO5/c1-18-9(14)6-12(17)10(15)7-4-2-3-5-8(7)13-11(12)16/h2-5,17H,6H2,1H3,(H,13,16)/t12-/m1/s1. The quantitative estimate of drug-likeness (QED) is 0.573. The highest BCUT2D eigenvalue weighted by Gasteiger charge is 2.50. The van der Waals surface area contributed by atoms with Gasteiger partial charge in [-0.05, 0) is 12.1 Å². The predicted octanol–water partition coefficient (Wildman–Crippen LogP) is 0.116. The molecule has 0 unspecified atom stereocenters. The molecule has 94 valence electrons. The van der Waals surface area contributed by atoms with Gasteiger partial charge in [0.15, 0.2) is 0 Å². The van der Waals surface area contributed by atoms with E-state index in [-0.39, 0.29) is 5.56 Å². The van der Waals surface area contributed by atoms with Gasteiger partial charge in [0.05, 0.1) is 19.2 Å². The molecule has 0 aliphatic carbocycles. The average Bonchev–Trinajstić information content (AvgIpc) is 2.36. The second kappa shape index (κ2) is 4.23. The van der Waals surface area contributed by atoms with Crippen molar-refractivity contribution < 1.29 is 24.2 Å². The normalized spacial score (nSPS) is 22.1. The van der Waals surface area contributed by atoms with Gasteiger partial charge in [-0.3, -0.25) is 14.4 Å². The zero-order chi connectivity index (χ0) is 13.3. The number of ether oxygens (including phenoxy) is 1. The Balaban J connectivity index is 2.43. The first kappa shape index (κ1) is 12.3. The molecule has 0 bridgehead atoms. The van der Waals surface area contributed by atoms with Gasteiger partial charge in [-0.25, -0.2) is 0 Å². The van der Waals surface area contributed by atoms with E-state index >= 15 is 0 Å². The predicted molar refractivity (Wildman–Crippen MR) is 61.0 cm³/mol. The number of hydrogen-bond acceptors (Lipinski definition) is 5. The van der Waals surface area contributed by atoms with Gasteiger partial charge in [-0.1, -0.05) is 12.1 Å². The van der Waals surface area contributed by atoms with Gasteiger partial charge >= 0.3 is 5.97 Å². The Morgan fingerprint density at radius 3 is 2.72 bits per heavy atom. The number of esters is 1. The highest BCUT2D eigenvalue weighted by Crippen LogP contribution is 2.30. The largest absolute Gasteiger partial charge is 0.469 e. The van der Waals surface area contributed by atoms with E-state index in [9.17, 15) is 19.5 Å². The summed E-state index contributed by atoms with van der Waals surface area (Å²) in [7, 11) is 1.12. The lowest BCUT2D eigenvalue weighted by Gasteiger charge is -2.29. The van der Waals surface area contributed by atoms with Gasteiger partial charge in [0.2, 0.25) is 11.4 Å². The van der Waals surface area contributed by atoms with Crippen LogP contribution in [0, 0.1) is 0 Å². The minimum atomic E-state index is -2.40. The van der Waals surface area contributed by atoms with Crippen LogP contribution in [0.3, 0.4) is 0 Å². The number of carbonyl (C=O) groups excluding carboxylic acids is 3. The van der Waals surface area contributed by atoms with Gasteiger partial charge < -0.3 is 15.2 Å². The van der Waals surface area contributed by atoms with Crippen molar-refractivity contribution in [2.45, 2.75) is 12.0 Å². The molecule has 1 heterocycles. The lowest BCUT2D eigenvalue weighted by atomic mass is 9.85. The number of nitrogens with one attached hydrogen (secondary N) is 1. The molecule has 18 heavy (non-hydrogen) atoms. The Hall–Kier alpha value is -2.21. The summed E-state index contributed by atoms with van der Waals surface area (Å²) < 4.78 is 4.37. The molecule has 6 heteroatoms. The second-order valence-electron chi connectivity index (χ2n) is 3.94. The van der Waals surface area contributed by atoms with Crippen molar-refractivity contribution in [2.24, 2.45) is 0 Å². The molecule has 0 aromatic heterocycles. The van der Waals surface area contributed by atoms with E-state index in [1.54, 1.807) is 18.2 Å². The Morgan fingerprint density at radius 1 is 1.39 bits per heavy atom. The van der Waals surface area contributed by atoms with Crippen LogP contribution in [-0.4, -0.2) is 35.5 Å². The van der Waals surface area contributed by atoms with Crippen LogP contribution in [0.25, 0.3) is 0 Å². The summed E-state index contributed by atoms with van der Waals surface area (Å²) in [5, 5.41) is 12.5. The van der Waals surface area contributed by atoms with Crippen molar-refractivity contribution in [3.8, 4) is 0 Å². The molecule has 1 aromatic rings. The number of rotatable bonds is 2. The lowest BCUT2D eigenvalue weighted by Crippen LogP contribution is -2.54. The van der Waals surface area contributed by atoms with Crippen LogP contribution in [0.2, 0.25) is 0 Å². The molecule has 6 nitrogen and oxygen atoms in total. The summed E-state index contributed by atoms with van der Waals surface area (Å²) in [5.41, 5.74) is -1.91. The Bertz CT molecular complexity index is 539. The first-order chi connectivity index (χ1) is 8.49. The SMILES string of the molecule is COC(=O)C[C@]1(O)C(=O)Nc2ccccc2C1=O. The molecule has 1 aliphatic heterocycles. The minimum absolute atomic E-state index is 0.170. The van der Waals surface area contributed by atoms with E-state index in [1.807, 2.05) is 0 Å². The third-order valence-corrected chi connectivity index (χ3v) is 2.80. The number of methoxy groups -OCH3 is 1. The molecule has 0 radical (unpaired) electrons. The van der Waals surface area contributed by atoms with Crippen molar-refractivity contribution in [2.75, 3.05) is 12.4 Å². The highest BCUT2D eigenvalue weighted by atomic mass is 16.5. The number of fused-ring (bicyclic) bond motifs is 1. The maximum atomic E-state index is 12.1. The van der Waals surface area contributed by atoms with Crippen LogP contribution in [-0.2, 0) is 14.3 Å². The Kier molecular flexibility index (Phi) is 2.88. The maximum Gasteiger partial charge on any atom is 0.309 e. The molecule has 2 rings (SSSR count). The molecule has 0 spiro atoms. The number of carbonyl (C=O) groups is 3. The summed E-state index contributed by atoms with van der Waals surface area (Å²) in [5.74, 6) is -2.55. The van der Waals surface area contributed by atoms with E-state index in [0.29, 0.717) is 5.69 Å². The zero-order valence-corrected chi connectivity index (χ0v) is 9.60. The number of Topliss-reactive ketones (excluding diaryl/α,β-unsaturated/α-hetero) is 1. The molecule has 1 atom stereocenters. The number of anilines is 1. The Labute approximate surface area is 103 Å². The van der Waals surface area contributed by atoms with Crippen molar-refractivity contribution in [1.29, 1.82) is 0 Å². The van der Waals surface area contributed by atoms with Crippen molar-refractivity contribution in [3.63, 3.8) is 0 Å². The van der Waals surface area contributed by atoms with E-state index in [2.05, 4.69) is 10.1 Å². The monoisotopic (exact) mass is 249 g/mol. The molecule has 1 aliphatic rings. The van der Waals surface area contributed by atoms with E-state index in [1.165, 1.54) is 6.07 Å². The molecule has 1 amide bonds. The van der Waals surface area contributed by atoms with Gasteiger partial charge in [-0.15, -0.1) is 0 Å². The van der Waals surface area contributed by atoms with Gasteiger partial charge in [-0.2, -0.15) is 0 Å². The van der Waals surface area contributed by atoms with Crippen molar-refractivity contribution >= 4 is 23.3 Å². The zero-order valence-electron chi connectivity index (χ0n) is 9.60. The van der Waals surface area contributed by atoms with Crippen LogP contribution >= 0.6 is 0 Å². The maximum absolute atomic E-state index is 12.1. The number of para-hydroxylation sites is 1. The molecule has 0 fully saturated rings. The van der Waals surface area contributed by atoms with Crippen LogP contribution in [0.5, 0.6) is 0 Å². The summed E-state index contributed by atoms with van der Waals surface area (Å²) in [6.07, 6.45) is -0.706. The molecule has 0 saturated heterocycles. The third-order valence-electron chi connectivity index (χ3n) is 2.80. The smallest absolute Gasteiger partial charge is 0.309 e. The van der Waals surface area contributed by atoms with Crippen LogP contribution < -0.4 is 5.32 Å². The summed E-state index contributed by atoms with van der Waals surface area (Å²) in [6.45, 7) is 0. The average molecular weight is 249 g/mol. The van der Waals surface area contributed by atoms with Gasteiger partial charge in [0.25, 0.3) is 5.91 Å². The van der Waals surface area contributed by atoms with Crippen LogP contribution in [0.1, 0.15) is 16.8 Å². The summed E-state index contributed by atoms with van der Waals surface area (Å²) in [4.78, 5) is 35.0. The number of hydrogen-bond donors (Lipinski definition) is 2. The number of amides is 1. The first-order valence-electron chi connectivity index (χ1n) is 5.23. The van der Waals surface area contributed by atoms with E-state index in [0.717, 1.165) is 7.11 Å². The van der Waals surface area contributed by atoms with Gasteiger partial charge in [0.1, 0.15) is 0 Å². The lowest BCUT2D eigenvalue weighted by molar-refractivity contribution is -0.149. The number of ketones is 1.